The zero-order valence-corrected chi connectivity index (χ0v) is 11.3. The topological polar surface area (TPSA) is 128 Å². The second-order valence-electron chi connectivity index (χ2n) is 4.55. The third-order valence-electron chi connectivity index (χ3n) is 2.21. The molecule has 8 nitrogen and oxygen atoms in total. The number of nitrogens with one attached hydrogen (secondary N) is 3. The van der Waals surface area contributed by atoms with E-state index in [2.05, 4.69) is 10.6 Å². The molecular weight excluding hydrogens is 254 g/mol. The summed E-state index contributed by atoms with van der Waals surface area (Å²) in [5.41, 5.74) is 0. The molecule has 19 heavy (non-hydrogen) atoms. The molecule has 110 valence electrons. The van der Waals surface area contributed by atoms with Gasteiger partial charge in [-0.15, -0.1) is 0 Å². The predicted octanol–water partition coefficient (Wildman–Crippen LogP) is -1.11. The van der Waals surface area contributed by atoms with Crippen molar-refractivity contribution < 1.29 is 24.6 Å². The summed E-state index contributed by atoms with van der Waals surface area (Å²) in [7, 11) is 0. The van der Waals surface area contributed by atoms with Gasteiger partial charge in [0.15, 0.2) is 6.04 Å². The maximum absolute atomic E-state index is 11.6. The Labute approximate surface area is 111 Å². The van der Waals surface area contributed by atoms with Crippen LogP contribution in [0.15, 0.2) is 0 Å². The zero-order chi connectivity index (χ0) is 15.0. The fourth-order valence-corrected chi connectivity index (χ4v) is 1.11. The van der Waals surface area contributed by atoms with Gasteiger partial charge < -0.3 is 26.2 Å². The Kier molecular flexibility index (Phi) is 7.50. The number of carboxylic acid groups (broad SMARTS) is 1. The van der Waals surface area contributed by atoms with Crippen LogP contribution in [0.5, 0.6) is 0 Å². The quantitative estimate of drug-likeness (QED) is 0.402. The van der Waals surface area contributed by atoms with Gasteiger partial charge in [-0.05, 0) is 12.8 Å². The standard InChI is InChI=1S/C11H21N3O5/c1-6(2)4-12-9(16)7(3)13-11(19)14-8(5-15)10(17)18/h6-8,15H,4-5H2,1-3H3,(H,12,16)(H,17,18)(H2,13,14,19)/t7?,8-/m0/s1. The highest BCUT2D eigenvalue weighted by Gasteiger charge is 2.21. The minimum absolute atomic E-state index is 0.288. The molecule has 0 aliphatic carbocycles. The number of aliphatic carboxylic acids is 1. The Bertz CT molecular complexity index is 332. The summed E-state index contributed by atoms with van der Waals surface area (Å²) in [4.78, 5) is 33.5. The lowest BCUT2D eigenvalue weighted by atomic mass is 10.2. The molecule has 0 bridgehead atoms. The van der Waals surface area contributed by atoms with E-state index in [1.165, 1.54) is 6.92 Å². The average Bonchev–Trinajstić information content (AvgIpc) is 2.32. The summed E-state index contributed by atoms with van der Waals surface area (Å²) in [6, 6.07) is -3.02. The lowest BCUT2D eigenvalue weighted by molar-refractivity contribution is -0.140. The van der Waals surface area contributed by atoms with E-state index in [1.807, 2.05) is 19.2 Å². The number of amides is 3. The van der Waals surface area contributed by atoms with Gasteiger partial charge in [-0.2, -0.15) is 0 Å². The monoisotopic (exact) mass is 275 g/mol. The first-order chi connectivity index (χ1) is 8.77. The van der Waals surface area contributed by atoms with Crippen molar-refractivity contribution in [3.63, 3.8) is 0 Å². The summed E-state index contributed by atoms with van der Waals surface area (Å²) in [5.74, 6) is -1.43. The Morgan fingerprint density at radius 1 is 1.11 bits per heavy atom. The number of hydrogen-bond acceptors (Lipinski definition) is 4. The molecule has 0 spiro atoms. The molecule has 0 radical (unpaired) electrons. The SMILES string of the molecule is CC(C)CNC(=O)C(C)NC(=O)N[C@@H](CO)C(=O)O. The van der Waals surface area contributed by atoms with Gasteiger partial charge in [0.25, 0.3) is 0 Å². The maximum Gasteiger partial charge on any atom is 0.328 e. The van der Waals surface area contributed by atoms with Gasteiger partial charge >= 0.3 is 12.0 Å². The lowest BCUT2D eigenvalue weighted by Gasteiger charge is -2.17. The number of urea groups is 1. The fourth-order valence-electron chi connectivity index (χ4n) is 1.11. The summed E-state index contributed by atoms with van der Waals surface area (Å²) in [6.07, 6.45) is 0. The van der Waals surface area contributed by atoms with Gasteiger partial charge in [-0.3, -0.25) is 4.79 Å². The van der Waals surface area contributed by atoms with Crippen molar-refractivity contribution in [3.05, 3.63) is 0 Å². The molecule has 1 unspecified atom stereocenters. The smallest absolute Gasteiger partial charge is 0.328 e. The molecule has 5 N–H and O–H groups in total. The van der Waals surface area contributed by atoms with E-state index in [9.17, 15) is 14.4 Å². The highest BCUT2D eigenvalue weighted by molar-refractivity contribution is 5.88. The third kappa shape index (κ3) is 7.24. The van der Waals surface area contributed by atoms with E-state index in [0.717, 1.165) is 0 Å². The second kappa shape index (κ2) is 8.30. The van der Waals surface area contributed by atoms with Crippen molar-refractivity contribution in [2.75, 3.05) is 13.2 Å². The molecule has 0 fully saturated rings. The number of aliphatic hydroxyl groups excluding tert-OH is 1. The molecule has 0 saturated heterocycles. The first kappa shape index (κ1) is 17.2. The van der Waals surface area contributed by atoms with Crippen LogP contribution < -0.4 is 16.0 Å². The zero-order valence-electron chi connectivity index (χ0n) is 11.3. The van der Waals surface area contributed by atoms with Crippen molar-refractivity contribution in [3.8, 4) is 0 Å². The molecule has 0 aromatic rings. The van der Waals surface area contributed by atoms with E-state index in [-0.39, 0.29) is 11.8 Å². The van der Waals surface area contributed by atoms with Gasteiger partial charge in [0, 0.05) is 6.54 Å². The summed E-state index contributed by atoms with van der Waals surface area (Å²) in [6.45, 7) is 5.11. The number of carbonyl (C=O) groups excluding carboxylic acids is 2. The van der Waals surface area contributed by atoms with Crippen LogP contribution in [0.1, 0.15) is 20.8 Å². The Hall–Kier alpha value is -1.83. The minimum Gasteiger partial charge on any atom is -0.480 e. The highest BCUT2D eigenvalue weighted by Crippen LogP contribution is 1.90. The Balaban J connectivity index is 4.17. The lowest BCUT2D eigenvalue weighted by Crippen LogP contribution is -2.53. The van der Waals surface area contributed by atoms with Crippen LogP contribution in [0.25, 0.3) is 0 Å². The molecule has 0 aliphatic heterocycles. The van der Waals surface area contributed by atoms with Gasteiger partial charge in [0.05, 0.1) is 6.61 Å². The summed E-state index contributed by atoms with van der Waals surface area (Å²) in [5, 5.41) is 24.3. The Morgan fingerprint density at radius 3 is 2.11 bits per heavy atom. The molecule has 2 atom stereocenters. The van der Waals surface area contributed by atoms with Crippen molar-refractivity contribution in [1.82, 2.24) is 16.0 Å². The average molecular weight is 275 g/mol. The van der Waals surface area contributed by atoms with Crippen LogP contribution >= 0.6 is 0 Å². The predicted molar refractivity (Wildman–Crippen MR) is 67.5 cm³/mol. The molecule has 0 aromatic heterocycles. The number of hydrogen-bond donors (Lipinski definition) is 5. The van der Waals surface area contributed by atoms with E-state index in [0.29, 0.717) is 6.54 Å². The third-order valence-corrected chi connectivity index (χ3v) is 2.21. The molecular formula is C11H21N3O5. The van der Waals surface area contributed by atoms with Crippen molar-refractivity contribution >= 4 is 17.9 Å². The van der Waals surface area contributed by atoms with Crippen molar-refractivity contribution in [2.45, 2.75) is 32.9 Å². The fraction of sp³-hybridized carbons (Fsp3) is 0.727. The van der Waals surface area contributed by atoms with Crippen molar-refractivity contribution in [2.24, 2.45) is 5.92 Å². The van der Waals surface area contributed by atoms with Gasteiger partial charge in [-0.1, -0.05) is 13.8 Å². The normalized spacial score (nSPS) is 13.5. The molecule has 0 aromatic carbocycles. The number of carboxylic acids is 1. The summed E-state index contributed by atoms with van der Waals surface area (Å²) < 4.78 is 0. The van der Waals surface area contributed by atoms with E-state index in [4.69, 9.17) is 10.2 Å². The van der Waals surface area contributed by atoms with Gasteiger partial charge in [0.1, 0.15) is 6.04 Å². The van der Waals surface area contributed by atoms with Crippen LogP contribution in [-0.4, -0.2) is 53.4 Å². The molecule has 0 rings (SSSR count). The van der Waals surface area contributed by atoms with Crippen LogP contribution in [0.4, 0.5) is 4.79 Å². The van der Waals surface area contributed by atoms with Gasteiger partial charge in [0.2, 0.25) is 5.91 Å². The number of carbonyl (C=O) groups is 3. The van der Waals surface area contributed by atoms with E-state index >= 15 is 0 Å². The summed E-state index contributed by atoms with van der Waals surface area (Å²) >= 11 is 0. The first-order valence-corrected chi connectivity index (χ1v) is 5.96. The minimum atomic E-state index is -1.40. The van der Waals surface area contributed by atoms with E-state index in [1.54, 1.807) is 0 Å². The van der Waals surface area contributed by atoms with Crippen LogP contribution in [-0.2, 0) is 9.59 Å². The first-order valence-electron chi connectivity index (χ1n) is 5.96. The van der Waals surface area contributed by atoms with Crippen molar-refractivity contribution in [1.29, 1.82) is 0 Å². The second-order valence-corrected chi connectivity index (χ2v) is 4.55. The molecule has 3 amide bonds. The largest absolute Gasteiger partial charge is 0.480 e. The molecule has 8 heteroatoms. The Morgan fingerprint density at radius 2 is 1.68 bits per heavy atom. The van der Waals surface area contributed by atoms with E-state index < -0.39 is 30.7 Å². The molecule has 0 heterocycles. The maximum atomic E-state index is 11.6. The highest BCUT2D eigenvalue weighted by atomic mass is 16.4. The number of rotatable bonds is 7. The van der Waals surface area contributed by atoms with Crippen LogP contribution in [0.3, 0.4) is 0 Å². The van der Waals surface area contributed by atoms with Gasteiger partial charge in [-0.25, -0.2) is 9.59 Å². The molecule has 0 saturated carbocycles. The van der Waals surface area contributed by atoms with Crippen LogP contribution in [0, 0.1) is 5.92 Å². The van der Waals surface area contributed by atoms with Crippen LogP contribution in [0.2, 0.25) is 0 Å². The number of aliphatic hydroxyl groups is 1. The molecule has 0 aliphatic rings.